The summed E-state index contributed by atoms with van der Waals surface area (Å²) in [5.74, 6) is -2.35. The van der Waals surface area contributed by atoms with Crippen molar-refractivity contribution in [2.24, 2.45) is 17.4 Å². The van der Waals surface area contributed by atoms with Gasteiger partial charge in [0.05, 0.1) is 0 Å². The number of ketones is 1. The fraction of sp³-hybridized carbons (Fsp3) is 0.857. The number of hydrogen-bond acceptors (Lipinski definition) is 5. The fourth-order valence-corrected chi connectivity index (χ4v) is 3.04. The average Bonchev–Trinajstić information content (AvgIpc) is 2.62. The van der Waals surface area contributed by atoms with E-state index < -0.39 is 29.4 Å². The minimum absolute atomic E-state index is 0.243. The second-order valence-electron chi connectivity index (χ2n) is 7.73. The number of carbonyl (C=O) groups is 3. The summed E-state index contributed by atoms with van der Waals surface area (Å²) >= 11 is 0. The largest absolute Gasteiger partial charge is 0.451 e. The van der Waals surface area contributed by atoms with Gasteiger partial charge in [0.2, 0.25) is 0 Å². The van der Waals surface area contributed by atoms with Crippen LogP contribution in [0.4, 0.5) is 0 Å². The van der Waals surface area contributed by atoms with E-state index >= 15 is 0 Å². The van der Waals surface area contributed by atoms with Gasteiger partial charge in [0.25, 0.3) is 5.91 Å². The molecule has 6 nitrogen and oxygen atoms in total. The molecule has 2 atom stereocenters. The highest BCUT2D eigenvalue weighted by atomic mass is 16.6. The Bertz CT molecular complexity index is 465. The van der Waals surface area contributed by atoms with Crippen molar-refractivity contribution < 1.29 is 19.1 Å². The number of Topliss-reactive ketones (excluding diaryl/α,β-unsaturated/α-hetero) is 1. The highest BCUT2D eigenvalue weighted by Gasteiger charge is 2.46. The molecule has 0 spiro atoms. The second-order valence-corrected chi connectivity index (χ2v) is 7.73. The van der Waals surface area contributed by atoms with Crippen LogP contribution in [0.3, 0.4) is 0 Å². The lowest BCUT2D eigenvalue weighted by molar-refractivity contribution is -0.164. The summed E-state index contributed by atoms with van der Waals surface area (Å²) in [6.45, 7) is 7.31. The number of primary amides is 1. The summed E-state index contributed by atoms with van der Waals surface area (Å²) in [7, 11) is 0. The van der Waals surface area contributed by atoms with Crippen LogP contribution >= 0.6 is 0 Å². The maximum atomic E-state index is 12.7. The summed E-state index contributed by atoms with van der Waals surface area (Å²) in [4.78, 5) is 36.5. The van der Waals surface area contributed by atoms with Crippen LogP contribution < -0.4 is 11.5 Å². The molecule has 0 saturated carbocycles. The number of rotatable bonds is 16. The molecule has 27 heavy (non-hydrogen) atoms. The van der Waals surface area contributed by atoms with Crippen molar-refractivity contribution in [2.45, 2.75) is 110 Å². The van der Waals surface area contributed by atoms with Crippen LogP contribution in [-0.4, -0.2) is 29.3 Å². The second kappa shape index (κ2) is 13.7. The van der Waals surface area contributed by atoms with Crippen LogP contribution in [0.25, 0.3) is 0 Å². The van der Waals surface area contributed by atoms with Gasteiger partial charge in [-0.15, -0.1) is 0 Å². The van der Waals surface area contributed by atoms with Gasteiger partial charge >= 0.3 is 5.97 Å². The number of nitrogens with two attached hydrogens (primary N) is 2. The zero-order valence-electron chi connectivity index (χ0n) is 17.7. The molecule has 0 rings (SSSR count). The molecule has 0 aromatic rings. The van der Waals surface area contributed by atoms with E-state index in [0.717, 1.165) is 12.8 Å². The van der Waals surface area contributed by atoms with Gasteiger partial charge in [-0.05, 0) is 18.8 Å². The first-order valence-corrected chi connectivity index (χ1v) is 10.5. The van der Waals surface area contributed by atoms with Crippen LogP contribution in [0, 0.1) is 5.92 Å². The van der Waals surface area contributed by atoms with Crippen LogP contribution in [0.15, 0.2) is 0 Å². The molecule has 1 amide bonds. The molecule has 0 aromatic carbocycles. The van der Waals surface area contributed by atoms with E-state index in [1.165, 1.54) is 38.5 Å². The summed E-state index contributed by atoms with van der Waals surface area (Å²) < 4.78 is 5.14. The number of amides is 1. The Morgan fingerprint density at radius 1 is 0.889 bits per heavy atom. The van der Waals surface area contributed by atoms with E-state index in [-0.39, 0.29) is 18.6 Å². The van der Waals surface area contributed by atoms with Crippen LogP contribution in [0.2, 0.25) is 0 Å². The molecule has 0 fully saturated rings. The monoisotopic (exact) mass is 384 g/mol. The van der Waals surface area contributed by atoms with Crippen molar-refractivity contribution in [3.63, 3.8) is 0 Å². The lowest BCUT2D eigenvalue weighted by Gasteiger charge is -2.31. The first-order valence-electron chi connectivity index (χ1n) is 10.5. The van der Waals surface area contributed by atoms with Crippen molar-refractivity contribution in [2.75, 3.05) is 0 Å². The van der Waals surface area contributed by atoms with Gasteiger partial charge in [0.1, 0.15) is 0 Å². The van der Waals surface area contributed by atoms with Gasteiger partial charge in [0.15, 0.2) is 17.4 Å². The molecule has 2 unspecified atom stereocenters. The molecule has 6 heteroatoms. The molecule has 0 saturated heterocycles. The van der Waals surface area contributed by atoms with Crippen molar-refractivity contribution in [3.8, 4) is 0 Å². The van der Waals surface area contributed by atoms with E-state index in [4.69, 9.17) is 16.2 Å². The van der Waals surface area contributed by atoms with Crippen LogP contribution in [-0.2, 0) is 19.1 Å². The third kappa shape index (κ3) is 8.87. The molecule has 0 radical (unpaired) electrons. The Morgan fingerprint density at radius 3 is 1.78 bits per heavy atom. The molecule has 0 aliphatic heterocycles. The van der Waals surface area contributed by atoms with E-state index in [1.54, 1.807) is 20.8 Å². The standard InChI is InChI=1S/C21H40N2O4/c1-5-7-8-9-10-11-12-13-14-15-18(24)21(23,16(3)4)20(26)27-17(6-2)19(22)25/h16-17H,5-15,23H2,1-4H3,(H2,22,25). The Balaban J connectivity index is 4.45. The minimum atomic E-state index is -1.73. The highest BCUT2D eigenvalue weighted by molar-refractivity contribution is 6.09. The SMILES string of the molecule is CCCCCCCCCCCC(=O)C(N)(C(=O)OC(CC)C(N)=O)C(C)C. The molecule has 4 N–H and O–H groups in total. The molecular formula is C21H40N2O4. The minimum Gasteiger partial charge on any atom is -0.451 e. The Hall–Kier alpha value is -1.43. The number of carbonyl (C=O) groups excluding carboxylic acids is 3. The zero-order valence-corrected chi connectivity index (χ0v) is 17.7. The van der Waals surface area contributed by atoms with Gasteiger partial charge in [0, 0.05) is 6.42 Å². The molecule has 0 aliphatic carbocycles. The van der Waals surface area contributed by atoms with Crippen molar-refractivity contribution >= 4 is 17.7 Å². The van der Waals surface area contributed by atoms with Gasteiger partial charge in [-0.3, -0.25) is 9.59 Å². The summed E-state index contributed by atoms with van der Waals surface area (Å²) in [5, 5.41) is 0. The van der Waals surface area contributed by atoms with Crippen molar-refractivity contribution in [3.05, 3.63) is 0 Å². The quantitative estimate of drug-likeness (QED) is 0.240. The van der Waals surface area contributed by atoms with E-state index in [0.29, 0.717) is 6.42 Å². The molecule has 0 bridgehead atoms. The Kier molecular flexibility index (Phi) is 13.0. The predicted molar refractivity (Wildman–Crippen MR) is 108 cm³/mol. The maximum absolute atomic E-state index is 12.7. The molecule has 0 aromatic heterocycles. The van der Waals surface area contributed by atoms with Crippen molar-refractivity contribution in [1.29, 1.82) is 0 Å². The first-order chi connectivity index (χ1) is 12.7. The predicted octanol–water partition coefficient (Wildman–Crippen LogP) is 3.64. The van der Waals surface area contributed by atoms with Crippen molar-refractivity contribution in [1.82, 2.24) is 0 Å². The Labute approximate surface area is 164 Å². The molecule has 0 aliphatic rings. The van der Waals surface area contributed by atoms with E-state index in [9.17, 15) is 14.4 Å². The van der Waals surface area contributed by atoms with Gasteiger partial charge in [-0.25, -0.2) is 4.79 Å². The third-order valence-corrected chi connectivity index (χ3v) is 5.15. The molecule has 0 heterocycles. The molecular weight excluding hydrogens is 344 g/mol. The average molecular weight is 385 g/mol. The fourth-order valence-electron chi connectivity index (χ4n) is 3.04. The van der Waals surface area contributed by atoms with Gasteiger partial charge in [-0.1, -0.05) is 79.1 Å². The normalized spacial score (nSPS) is 14.6. The number of hydrogen-bond donors (Lipinski definition) is 2. The summed E-state index contributed by atoms with van der Waals surface area (Å²) in [6.07, 6.45) is 9.71. The zero-order chi connectivity index (χ0) is 20.9. The topological polar surface area (TPSA) is 112 Å². The summed E-state index contributed by atoms with van der Waals surface area (Å²) in [6, 6.07) is 0. The molecule has 158 valence electrons. The smallest absolute Gasteiger partial charge is 0.334 e. The number of unbranched alkanes of at least 4 members (excludes halogenated alkanes) is 8. The highest BCUT2D eigenvalue weighted by Crippen LogP contribution is 2.22. The van der Waals surface area contributed by atoms with E-state index in [2.05, 4.69) is 6.92 Å². The first kappa shape index (κ1) is 25.6. The van der Waals surface area contributed by atoms with Gasteiger partial charge in [-0.2, -0.15) is 0 Å². The third-order valence-electron chi connectivity index (χ3n) is 5.15. The summed E-state index contributed by atoms with van der Waals surface area (Å²) in [5.41, 5.74) is 9.64. The van der Waals surface area contributed by atoms with E-state index in [1.807, 2.05) is 0 Å². The van der Waals surface area contributed by atoms with Crippen LogP contribution in [0.5, 0.6) is 0 Å². The number of ether oxygens (including phenoxy) is 1. The van der Waals surface area contributed by atoms with Gasteiger partial charge < -0.3 is 16.2 Å². The number of esters is 1. The maximum Gasteiger partial charge on any atom is 0.334 e. The Morgan fingerprint density at radius 2 is 1.37 bits per heavy atom. The lowest BCUT2D eigenvalue weighted by Crippen LogP contribution is -2.60. The lowest BCUT2D eigenvalue weighted by atomic mass is 9.81. The van der Waals surface area contributed by atoms with Crippen LogP contribution in [0.1, 0.15) is 98.3 Å².